The third-order valence-electron chi connectivity index (χ3n) is 3.79. The third-order valence-corrected chi connectivity index (χ3v) is 3.97. The molecule has 1 saturated heterocycles. The number of hydrogen-bond acceptors (Lipinski definition) is 6. The number of nitrogens with one attached hydrogen (secondary N) is 1. The van der Waals surface area contributed by atoms with Gasteiger partial charge in [-0.05, 0) is 30.5 Å². The standard InChI is InChI=1S/C16H20ClN3O3/c1-21-14-8-13-11(9-19-16(17)20-13)7-15(14)23-5-2-3-12-10-22-6-4-18-12/h7-9,12,18H,2-6,10H2,1H3. The first-order chi connectivity index (χ1) is 11.3. The van der Waals surface area contributed by atoms with E-state index in [9.17, 15) is 0 Å². The monoisotopic (exact) mass is 337 g/mol. The van der Waals surface area contributed by atoms with Gasteiger partial charge in [-0.2, -0.15) is 0 Å². The number of methoxy groups -OCH3 is 1. The largest absolute Gasteiger partial charge is 0.493 e. The van der Waals surface area contributed by atoms with Crippen LogP contribution in [-0.2, 0) is 4.74 Å². The van der Waals surface area contributed by atoms with Gasteiger partial charge in [0.1, 0.15) is 0 Å². The second kappa shape index (κ2) is 7.77. The van der Waals surface area contributed by atoms with Gasteiger partial charge in [0.2, 0.25) is 5.28 Å². The van der Waals surface area contributed by atoms with Crippen molar-refractivity contribution in [1.82, 2.24) is 15.3 Å². The van der Waals surface area contributed by atoms with E-state index in [-0.39, 0.29) is 5.28 Å². The molecule has 3 rings (SSSR count). The molecule has 0 aliphatic carbocycles. The van der Waals surface area contributed by atoms with Crippen LogP contribution in [0.3, 0.4) is 0 Å². The Morgan fingerprint density at radius 3 is 3.09 bits per heavy atom. The molecule has 0 radical (unpaired) electrons. The lowest BCUT2D eigenvalue weighted by atomic mass is 10.1. The maximum Gasteiger partial charge on any atom is 0.222 e. The third kappa shape index (κ3) is 4.22. The summed E-state index contributed by atoms with van der Waals surface area (Å²) >= 11 is 5.82. The van der Waals surface area contributed by atoms with Crippen LogP contribution >= 0.6 is 11.6 Å². The smallest absolute Gasteiger partial charge is 0.222 e. The molecule has 1 unspecified atom stereocenters. The van der Waals surface area contributed by atoms with Gasteiger partial charge >= 0.3 is 0 Å². The second-order valence-corrected chi connectivity index (χ2v) is 5.76. The summed E-state index contributed by atoms with van der Waals surface area (Å²) in [7, 11) is 1.61. The molecule has 1 aliphatic heterocycles. The lowest BCUT2D eigenvalue weighted by Crippen LogP contribution is -2.41. The minimum atomic E-state index is 0.218. The molecule has 1 aromatic heterocycles. The van der Waals surface area contributed by atoms with E-state index in [2.05, 4.69) is 15.3 Å². The van der Waals surface area contributed by atoms with E-state index in [1.807, 2.05) is 12.1 Å². The quantitative estimate of drug-likeness (QED) is 0.645. The van der Waals surface area contributed by atoms with Crippen molar-refractivity contribution in [3.8, 4) is 11.5 Å². The Labute approximate surface area is 140 Å². The highest BCUT2D eigenvalue weighted by Crippen LogP contribution is 2.31. The predicted octanol–water partition coefficient (Wildman–Crippen LogP) is 2.44. The number of halogens is 1. The van der Waals surface area contributed by atoms with Gasteiger partial charge in [-0.3, -0.25) is 0 Å². The van der Waals surface area contributed by atoms with Crippen LogP contribution in [0.1, 0.15) is 12.8 Å². The summed E-state index contributed by atoms with van der Waals surface area (Å²) in [6.45, 7) is 3.12. The fourth-order valence-corrected chi connectivity index (χ4v) is 2.75. The summed E-state index contributed by atoms with van der Waals surface area (Å²) in [4.78, 5) is 8.18. The van der Waals surface area contributed by atoms with Crippen LogP contribution in [0.5, 0.6) is 11.5 Å². The Morgan fingerprint density at radius 1 is 1.39 bits per heavy atom. The van der Waals surface area contributed by atoms with Gasteiger partial charge in [0.15, 0.2) is 11.5 Å². The van der Waals surface area contributed by atoms with Crippen molar-refractivity contribution in [1.29, 1.82) is 0 Å². The first-order valence-electron chi connectivity index (χ1n) is 7.70. The number of morpholine rings is 1. The van der Waals surface area contributed by atoms with E-state index in [4.69, 9.17) is 25.8 Å². The average molecular weight is 338 g/mol. The molecule has 0 spiro atoms. The fourth-order valence-electron chi connectivity index (χ4n) is 2.61. The van der Waals surface area contributed by atoms with Gasteiger partial charge < -0.3 is 19.5 Å². The molecule has 23 heavy (non-hydrogen) atoms. The van der Waals surface area contributed by atoms with E-state index >= 15 is 0 Å². The molecule has 1 aromatic carbocycles. The van der Waals surface area contributed by atoms with Gasteiger partial charge in [0.25, 0.3) is 0 Å². The van der Waals surface area contributed by atoms with E-state index in [0.29, 0.717) is 24.1 Å². The fraction of sp³-hybridized carbons (Fsp3) is 0.500. The summed E-state index contributed by atoms with van der Waals surface area (Å²) in [6, 6.07) is 4.11. The number of fused-ring (bicyclic) bond motifs is 1. The maximum atomic E-state index is 5.88. The summed E-state index contributed by atoms with van der Waals surface area (Å²) in [5.41, 5.74) is 0.734. The summed E-state index contributed by atoms with van der Waals surface area (Å²) in [6.07, 6.45) is 3.65. The van der Waals surface area contributed by atoms with Gasteiger partial charge in [-0.25, -0.2) is 9.97 Å². The molecule has 0 saturated carbocycles. The van der Waals surface area contributed by atoms with Crippen molar-refractivity contribution in [2.24, 2.45) is 0 Å². The molecule has 1 fully saturated rings. The van der Waals surface area contributed by atoms with Gasteiger partial charge in [-0.15, -0.1) is 0 Å². The van der Waals surface area contributed by atoms with Crippen LogP contribution in [0.4, 0.5) is 0 Å². The molecule has 2 heterocycles. The Kier molecular flexibility index (Phi) is 5.48. The Balaban J connectivity index is 1.61. The van der Waals surface area contributed by atoms with Crippen molar-refractivity contribution in [3.63, 3.8) is 0 Å². The lowest BCUT2D eigenvalue weighted by molar-refractivity contribution is 0.0721. The highest BCUT2D eigenvalue weighted by molar-refractivity contribution is 6.28. The van der Waals surface area contributed by atoms with Gasteiger partial charge in [-0.1, -0.05) is 0 Å². The molecular formula is C16H20ClN3O3. The molecule has 124 valence electrons. The minimum absolute atomic E-state index is 0.218. The summed E-state index contributed by atoms with van der Waals surface area (Å²) in [5.74, 6) is 1.34. The van der Waals surface area contributed by atoms with E-state index in [1.54, 1.807) is 13.3 Å². The average Bonchev–Trinajstić information content (AvgIpc) is 2.59. The topological polar surface area (TPSA) is 65.5 Å². The number of aromatic nitrogens is 2. The van der Waals surface area contributed by atoms with Crippen LogP contribution < -0.4 is 14.8 Å². The number of nitrogens with zero attached hydrogens (tertiary/aromatic N) is 2. The lowest BCUT2D eigenvalue weighted by Gasteiger charge is -2.23. The van der Waals surface area contributed by atoms with Crippen molar-refractivity contribution >= 4 is 22.5 Å². The molecule has 1 N–H and O–H groups in total. The first-order valence-corrected chi connectivity index (χ1v) is 8.08. The molecule has 6 nitrogen and oxygen atoms in total. The summed E-state index contributed by atoms with van der Waals surface area (Å²) in [5, 5.41) is 4.52. The van der Waals surface area contributed by atoms with E-state index < -0.39 is 0 Å². The molecular weight excluding hydrogens is 318 g/mol. The van der Waals surface area contributed by atoms with Crippen LogP contribution in [0, 0.1) is 0 Å². The molecule has 7 heteroatoms. The number of hydrogen-bond donors (Lipinski definition) is 1. The van der Waals surface area contributed by atoms with Crippen molar-refractivity contribution < 1.29 is 14.2 Å². The molecule has 1 aliphatic rings. The molecule has 1 atom stereocenters. The molecule has 0 bridgehead atoms. The Bertz CT molecular complexity index is 662. The number of rotatable bonds is 6. The molecule has 0 amide bonds. The van der Waals surface area contributed by atoms with Crippen LogP contribution in [-0.4, -0.2) is 49.5 Å². The normalized spacial score (nSPS) is 18.1. The van der Waals surface area contributed by atoms with E-state index in [0.717, 1.165) is 43.5 Å². The predicted molar refractivity (Wildman–Crippen MR) is 88.4 cm³/mol. The van der Waals surface area contributed by atoms with Crippen LogP contribution in [0.15, 0.2) is 18.3 Å². The van der Waals surface area contributed by atoms with Gasteiger partial charge in [0, 0.05) is 30.2 Å². The minimum Gasteiger partial charge on any atom is -0.493 e. The van der Waals surface area contributed by atoms with Crippen molar-refractivity contribution in [3.05, 3.63) is 23.6 Å². The van der Waals surface area contributed by atoms with Crippen LogP contribution in [0.25, 0.3) is 10.9 Å². The van der Waals surface area contributed by atoms with Crippen molar-refractivity contribution in [2.75, 3.05) is 33.5 Å². The maximum absolute atomic E-state index is 5.88. The Hall–Kier alpha value is -1.63. The number of benzene rings is 1. The summed E-state index contributed by atoms with van der Waals surface area (Å²) < 4.78 is 16.7. The zero-order valence-corrected chi connectivity index (χ0v) is 13.8. The first kappa shape index (κ1) is 16.2. The van der Waals surface area contributed by atoms with Crippen molar-refractivity contribution in [2.45, 2.75) is 18.9 Å². The highest BCUT2D eigenvalue weighted by Gasteiger charge is 2.13. The molecule has 2 aromatic rings. The SMILES string of the molecule is COc1cc2nc(Cl)ncc2cc1OCCCC1COCCN1. The van der Waals surface area contributed by atoms with Crippen LogP contribution in [0.2, 0.25) is 5.28 Å². The Morgan fingerprint density at radius 2 is 2.30 bits per heavy atom. The highest BCUT2D eigenvalue weighted by atomic mass is 35.5. The second-order valence-electron chi connectivity index (χ2n) is 5.42. The zero-order chi connectivity index (χ0) is 16.1. The van der Waals surface area contributed by atoms with Gasteiger partial charge in [0.05, 0.1) is 32.4 Å². The van der Waals surface area contributed by atoms with E-state index in [1.165, 1.54) is 0 Å². The number of ether oxygens (including phenoxy) is 3. The zero-order valence-electron chi connectivity index (χ0n) is 13.0.